The summed E-state index contributed by atoms with van der Waals surface area (Å²) in [5.41, 5.74) is -0.817. The fourth-order valence-electron chi connectivity index (χ4n) is 2.94. The lowest BCUT2D eigenvalue weighted by molar-refractivity contribution is -0.147. The number of hydrogen-bond acceptors (Lipinski definition) is 3. The number of aliphatic carboxylic acids is 1. The maximum atomic E-state index is 12.2. The van der Waals surface area contributed by atoms with Crippen LogP contribution in [-0.2, 0) is 9.53 Å². The number of carboxylic acids is 1. The summed E-state index contributed by atoms with van der Waals surface area (Å²) in [4.78, 5) is 25.1. The Hall–Kier alpha value is -1.30. The highest BCUT2D eigenvalue weighted by atomic mass is 16.5. The molecule has 2 fully saturated rings. The summed E-state index contributed by atoms with van der Waals surface area (Å²) in [5.74, 6) is -0.834. The van der Waals surface area contributed by atoms with Gasteiger partial charge < -0.3 is 20.1 Å². The second-order valence-electron chi connectivity index (χ2n) is 6.05. The SMILES string of the molecule is CCC(NC(=O)N1CCC(C)(C(=O)O)C1)C1CCCO1. The minimum Gasteiger partial charge on any atom is -0.481 e. The van der Waals surface area contributed by atoms with Gasteiger partial charge in [0.2, 0.25) is 0 Å². The zero-order chi connectivity index (χ0) is 14.8. The van der Waals surface area contributed by atoms with Gasteiger partial charge in [-0.2, -0.15) is 0 Å². The van der Waals surface area contributed by atoms with Gasteiger partial charge in [0, 0.05) is 19.7 Å². The molecule has 2 heterocycles. The molecule has 3 atom stereocenters. The van der Waals surface area contributed by atoms with Gasteiger partial charge in [0.1, 0.15) is 0 Å². The molecule has 2 rings (SSSR count). The molecule has 0 bridgehead atoms. The summed E-state index contributed by atoms with van der Waals surface area (Å²) in [6, 6.07) is -0.154. The topological polar surface area (TPSA) is 78.9 Å². The van der Waals surface area contributed by atoms with E-state index in [0.717, 1.165) is 25.9 Å². The molecule has 2 saturated heterocycles. The molecular formula is C14H24N2O4. The van der Waals surface area contributed by atoms with Crippen LogP contribution < -0.4 is 5.32 Å². The first kappa shape index (κ1) is 15.1. The van der Waals surface area contributed by atoms with Crippen LogP contribution in [-0.4, -0.2) is 53.8 Å². The first-order chi connectivity index (χ1) is 9.46. The quantitative estimate of drug-likeness (QED) is 0.819. The normalized spacial score (nSPS) is 31.3. The minimum atomic E-state index is -0.834. The lowest BCUT2D eigenvalue weighted by Gasteiger charge is -2.27. The number of carbonyl (C=O) groups is 2. The van der Waals surface area contributed by atoms with E-state index in [0.29, 0.717) is 13.0 Å². The molecule has 2 amide bonds. The molecule has 6 nitrogen and oxygen atoms in total. The van der Waals surface area contributed by atoms with Crippen LogP contribution in [0.1, 0.15) is 39.5 Å². The molecule has 0 radical (unpaired) electrons. The number of rotatable bonds is 4. The van der Waals surface area contributed by atoms with E-state index in [1.807, 2.05) is 6.92 Å². The molecule has 0 aromatic heterocycles. The van der Waals surface area contributed by atoms with E-state index >= 15 is 0 Å². The predicted octanol–water partition coefficient (Wildman–Crippen LogP) is 1.45. The number of carboxylic acid groups (broad SMARTS) is 1. The summed E-state index contributed by atoms with van der Waals surface area (Å²) in [7, 11) is 0. The van der Waals surface area contributed by atoms with Crippen molar-refractivity contribution in [2.45, 2.75) is 51.7 Å². The third kappa shape index (κ3) is 3.06. The Morgan fingerprint density at radius 1 is 1.55 bits per heavy atom. The lowest BCUT2D eigenvalue weighted by Crippen LogP contribution is -2.49. The number of nitrogens with zero attached hydrogens (tertiary/aromatic N) is 1. The van der Waals surface area contributed by atoms with Crippen molar-refractivity contribution in [2.75, 3.05) is 19.7 Å². The van der Waals surface area contributed by atoms with E-state index in [-0.39, 0.29) is 24.7 Å². The van der Waals surface area contributed by atoms with Crippen molar-refractivity contribution in [3.63, 3.8) is 0 Å². The molecule has 2 aliphatic rings. The van der Waals surface area contributed by atoms with Crippen LogP contribution in [0.3, 0.4) is 0 Å². The van der Waals surface area contributed by atoms with Crippen molar-refractivity contribution in [2.24, 2.45) is 5.41 Å². The molecule has 114 valence electrons. The maximum Gasteiger partial charge on any atom is 0.317 e. The van der Waals surface area contributed by atoms with Crippen molar-refractivity contribution in [3.8, 4) is 0 Å². The molecule has 20 heavy (non-hydrogen) atoms. The molecular weight excluding hydrogens is 260 g/mol. The highest BCUT2D eigenvalue weighted by molar-refractivity contribution is 5.79. The Bertz CT molecular complexity index is 381. The summed E-state index contributed by atoms with van der Waals surface area (Å²) in [6.07, 6.45) is 3.44. The Morgan fingerprint density at radius 3 is 2.80 bits per heavy atom. The maximum absolute atomic E-state index is 12.2. The van der Waals surface area contributed by atoms with E-state index in [4.69, 9.17) is 4.74 Å². The summed E-state index contributed by atoms with van der Waals surface area (Å²) in [5, 5.41) is 12.2. The Kier molecular flexibility index (Phi) is 4.52. The fourth-order valence-corrected chi connectivity index (χ4v) is 2.94. The average Bonchev–Trinajstić information content (AvgIpc) is 3.05. The predicted molar refractivity (Wildman–Crippen MR) is 73.5 cm³/mol. The number of hydrogen-bond donors (Lipinski definition) is 2. The fraction of sp³-hybridized carbons (Fsp3) is 0.857. The molecule has 6 heteroatoms. The second-order valence-corrected chi connectivity index (χ2v) is 6.05. The smallest absolute Gasteiger partial charge is 0.317 e. The Morgan fingerprint density at radius 2 is 2.30 bits per heavy atom. The molecule has 0 aromatic rings. The monoisotopic (exact) mass is 284 g/mol. The van der Waals surface area contributed by atoms with Crippen molar-refractivity contribution in [3.05, 3.63) is 0 Å². The Balaban J connectivity index is 1.90. The molecule has 2 N–H and O–H groups in total. The second kappa shape index (κ2) is 5.99. The van der Waals surface area contributed by atoms with E-state index in [1.165, 1.54) is 0 Å². The van der Waals surface area contributed by atoms with Crippen LogP contribution in [0.5, 0.6) is 0 Å². The number of amides is 2. The van der Waals surface area contributed by atoms with Crippen molar-refractivity contribution >= 4 is 12.0 Å². The van der Waals surface area contributed by atoms with Crippen molar-refractivity contribution in [1.29, 1.82) is 0 Å². The van der Waals surface area contributed by atoms with E-state index in [2.05, 4.69) is 5.32 Å². The van der Waals surface area contributed by atoms with E-state index in [9.17, 15) is 14.7 Å². The minimum absolute atomic E-state index is 0.0154. The summed E-state index contributed by atoms with van der Waals surface area (Å²) < 4.78 is 5.62. The van der Waals surface area contributed by atoms with E-state index < -0.39 is 11.4 Å². The highest BCUT2D eigenvalue weighted by Crippen LogP contribution is 2.30. The number of nitrogens with one attached hydrogen (secondary N) is 1. The van der Waals surface area contributed by atoms with Crippen LogP contribution in [0.4, 0.5) is 4.79 Å². The molecule has 3 unspecified atom stereocenters. The molecule has 2 aliphatic heterocycles. The number of likely N-dealkylation sites (tertiary alicyclic amines) is 1. The first-order valence-electron chi connectivity index (χ1n) is 7.37. The highest BCUT2D eigenvalue weighted by Gasteiger charge is 2.42. The van der Waals surface area contributed by atoms with Gasteiger partial charge in [-0.15, -0.1) is 0 Å². The van der Waals surface area contributed by atoms with Gasteiger partial charge in [0.25, 0.3) is 0 Å². The molecule has 0 aromatic carbocycles. The number of ether oxygens (including phenoxy) is 1. The lowest BCUT2D eigenvalue weighted by atomic mass is 9.90. The molecule has 0 spiro atoms. The van der Waals surface area contributed by atoms with Crippen molar-refractivity contribution < 1.29 is 19.4 Å². The van der Waals surface area contributed by atoms with Gasteiger partial charge in [0.15, 0.2) is 0 Å². The van der Waals surface area contributed by atoms with Gasteiger partial charge in [0.05, 0.1) is 17.6 Å². The standard InChI is InChI=1S/C14H24N2O4/c1-3-10(11-5-4-8-20-11)15-13(19)16-7-6-14(2,9-16)12(17)18/h10-11H,3-9H2,1-2H3,(H,15,19)(H,17,18). The van der Waals surface area contributed by atoms with Crippen LogP contribution in [0.15, 0.2) is 0 Å². The third-order valence-electron chi connectivity index (χ3n) is 4.44. The van der Waals surface area contributed by atoms with Crippen LogP contribution >= 0.6 is 0 Å². The zero-order valence-corrected chi connectivity index (χ0v) is 12.2. The number of urea groups is 1. The molecule has 0 saturated carbocycles. The third-order valence-corrected chi connectivity index (χ3v) is 4.44. The van der Waals surface area contributed by atoms with Gasteiger partial charge >= 0.3 is 12.0 Å². The van der Waals surface area contributed by atoms with Crippen LogP contribution in [0, 0.1) is 5.41 Å². The summed E-state index contributed by atoms with van der Waals surface area (Å²) >= 11 is 0. The van der Waals surface area contributed by atoms with Gasteiger partial charge in [-0.05, 0) is 32.6 Å². The average molecular weight is 284 g/mol. The Labute approximate surface area is 119 Å². The summed E-state index contributed by atoms with van der Waals surface area (Å²) in [6.45, 7) is 5.25. The van der Waals surface area contributed by atoms with Crippen molar-refractivity contribution in [1.82, 2.24) is 10.2 Å². The van der Waals surface area contributed by atoms with E-state index in [1.54, 1.807) is 11.8 Å². The van der Waals surface area contributed by atoms with Crippen LogP contribution in [0.25, 0.3) is 0 Å². The van der Waals surface area contributed by atoms with Gasteiger partial charge in [-0.1, -0.05) is 6.92 Å². The largest absolute Gasteiger partial charge is 0.481 e. The van der Waals surface area contributed by atoms with Gasteiger partial charge in [-0.25, -0.2) is 4.79 Å². The zero-order valence-electron chi connectivity index (χ0n) is 12.2. The van der Waals surface area contributed by atoms with Gasteiger partial charge in [-0.3, -0.25) is 4.79 Å². The van der Waals surface area contributed by atoms with Crippen LogP contribution in [0.2, 0.25) is 0 Å². The first-order valence-corrected chi connectivity index (χ1v) is 7.37. The molecule has 0 aliphatic carbocycles. The number of carbonyl (C=O) groups excluding carboxylic acids is 1.